The van der Waals surface area contributed by atoms with Crippen LogP contribution in [-0.4, -0.2) is 15.0 Å². The van der Waals surface area contributed by atoms with Crippen molar-refractivity contribution >= 4 is 11.6 Å². The lowest BCUT2D eigenvalue weighted by Crippen LogP contribution is -2.08. The zero-order valence-corrected chi connectivity index (χ0v) is 12.3. The smallest absolute Gasteiger partial charge is 0.245 e. The van der Waals surface area contributed by atoms with Crippen LogP contribution in [0.1, 0.15) is 5.56 Å². The topological polar surface area (TPSA) is 38.7 Å². The summed E-state index contributed by atoms with van der Waals surface area (Å²) in [5.74, 6) is 0.00311. The van der Waals surface area contributed by atoms with E-state index in [1.165, 1.54) is 30.6 Å². The lowest BCUT2D eigenvalue weighted by Gasteiger charge is -2.12. The average Bonchev–Trinajstić information content (AvgIpc) is 2.54. The van der Waals surface area contributed by atoms with Crippen LogP contribution in [0.2, 0.25) is 5.15 Å². The number of hydrogen-bond acceptors (Lipinski definition) is 3. The minimum atomic E-state index is -4.48. The molecular weight excluding hydrogens is 327 g/mol. The molecule has 2 heterocycles. The van der Waals surface area contributed by atoms with Gasteiger partial charge in [-0.15, -0.1) is 0 Å². The quantitative estimate of drug-likeness (QED) is 0.627. The molecule has 0 bridgehead atoms. The molecule has 0 spiro atoms. The Morgan fingerprint density at radius 3 is 2.39 bits per heavy atom. The number of rotatable bonds is 2. The standard InChI is InChI=1S/C16H9ClF3N3/c17-14-9-10(5-7-21-14)13-6-8-22-15(23-13)11-3-1-2-4-12(11)16(18,19)20/h1-9H. The second-order valence-corrected chi connectivity index (χ2v) is 5.06. The van der Waals surface area contributed by atoms with Gasteiger partial charge >= 0.3 is 6.18 Å². The lowest BCUT2D eigenvalue weighted by molar-refractivity contribution is -0.137. The van der Waals surface area contributed by atoms with Crippen molar-refractivity contribution < 1.29 is 13.2 Å². The summed E-state index contributed by atoms with van der Waals surface area (Å²) in [6, 6.07) is 10.1. The van der Waals surface area contributed by atoms with Crippen molar-refractivity contribution in [1.82, 2.24) is 15.0 Å². The monoisotopic (exact) mass is 335 g/mol. The molecule has 7 heteroatoms. The molecule has 0 aliphatic heterocycles. The van der Waals surface area contributed by atoms with E-state index in [2.05, 4.69) is 15.0 Å². The predicted octanol–water partition coefficient (Wildman–Crippen LogP) is 4.88. The molecule has 0 unspecified atom stereocenters. The van der Waals surface area contributed by atoms with Gasteiger partial charge in [0, 0.05) is 23.5 Å². The van der Waals surface area contributed by atoms with E-state index in [1.54, 1.807) is 18.2 Å². The van der Waals surface area contributed by atoms with Gasteiger partial charge in [-0.05, 0) is 24.3 Å². The fourth-order valence-electron chi connectivity index (χ4n) is 2.14. The Labute approximate surface area is 134 Å². The number of benzene rings is 1. The van der Waals surface area contributed by atoms with E-state index < -0.39 is 11.7 Å². The molecule has 3 rings (SSSR count). The van der Waals surface area contributed by atoms with Gasteiger partial charge < -0.3 is 0 Å². The van der Waals surface area contributed by atoms with Crippen LogP contribution < -0.4 is 0 Å². The Morgan fingerprint density at radius 2 is 1.65 bits per heavy atom. The van der Waals surface area contributed by atoms with E-state index in [0.29, 0.717) is 11.3 Å². The molecule has 0 aliphatic rings. The molecule has 0 aliphatic carbocycles. The van der Waals surface area contributed by atoms with Crippen LogP contribution in [0.5, 0.6) is 0 Å². The summed E-state index contributed by atoms with van der Waals surface area (Å²) >= 11 is 5.83. The van der Waals surface area contributed by atoms with Crippen molar-refractivity contribution in [2.75, 3.05) is 0 Å². The largest absolute Gasteiger partial charge is 0.417 e. The molecule has 116 valence electrons. The Balaban J connectivity index is 2.12. The third-order valence-electron chi connectivity index (χ3n) is 3.15. The Morgan fingerprint density at radius 1 is 0.913 bits per heavy atom. The normalized spacial score (nSPS) is 11.5. The van der Waals surface area contributed by atoms with E-state index in [-0.39, 0.29) is 16.5 Å². The molecule has 0 fully saturated rings. The van der Waals surface area contributed by atoms with Gasteiger partial charge in [0.2, 0.25) is 0 Å². The van der Waals surface area contributed by atoms with Crippen molar-refractivity contribution in [3.8, 4) is 22.6 Å². The zero-order valence-electron chi connectivity index (χ0n) is 11.5. The van der Waals surface area contributed by atoms with E-state index in [0.717, 1.165) is 6.07 Å². The first-order valence-electron chi connectivity index (χ1n) is 6.57. The molecule has 0 amide bonds. The van der Waals surface area contributed by atoms with Gasteiger partial charge in [0.15, 0.2) is 5.82 Å². The van der Waals surface area contributed by atoms with E-state index in [1.807, 2.05) is 0 Å². The molecular formula is C16H9ClF3N3. The summed E-state index contributed by atoms with van der Waals surface area (Å²) in [7, 11) is 0. The van der Waals surface area contributed by atoms with E-state index in [9.17, 15) is 13.2 Å². The van der Waals surface area contributed by atoms with Crippen LogP contribution in [0.4, 0.5) is 13.2 Å². The van der Waals surface area contributed by atoms with Crippen molar-refractivity contribution in [3.05, 3.63) is 65.6 Å². The van der Waals surface area contributed by atoms with Gasteiger partial charge in [0.05, 0.1) is 11.3 Å². The number of pyridine rings is 1. The molecule has 3 nitrogen and oxygen atoms in total. The second-order valence-electron chi connectivity index (χ2n) is 4.68. The van der Waals surface area contributed by atoms with Gasteiger partial charge in [-0.2, -0.15) is 13.2 Å². The zero-order chi connectivity index (χ0) is 16.4. The lowest BCUT2D eigenvalue weighted by atomic mass is 10.1. The van der Waals surface area contributed by atoms with Crippen LogP contribution in [0.15, 0.2) is 54.9 Å². The third-order valence-corrected chi connectivity index (χ3v) is 3.36. The van der Waals surface area contributed by atoms with Crippen LogP contribution >= 0.6 is 11.6 Å². The number of hydrogen-bond donors (Lipinski definition) is 0. The highest BCUT2D eigenvalue weighted by atomic mass is 35.5. The first kappa shape index (κ1) is 15.4. The van der Waals surface area contributed by atoms with Crippen molar-refractivity contribution in [3.63, 3.8) is 0 Å². The highest BCUT2D eigenvalue weighted by Gasteiger charge is 2.34. The molecule has 0 saturated carbocycles. The van der Waals surface area contributed by atoms with Crippen LogP contribution in [0.3, 0.4) is 0 Å². The molecule has 1 aromatic carbocycles. The predicted molar refractivity (Wildman–Crippen MR) is 80.7 cm³/mol. The van der Waals surface area contributed by atoms with Crippen molar-refractivity contribution in [1.29, 1.82) is 0 Å². The second kappa shape index (κ2) is 5.96. The Bertz CT molecular complexity index is 850. The average molecular weight is 336 g/mol. The van der Waals surface area contributed by atoms with E-state index in [4.69, 9.17) is 11.6 Å². The summed E-state index contributed by atoms with van der Waals surface area (Å²) in [6.45, 7) is 0. The molecule has 2 aromatic heterocycles. The molecule has 0 atom stereocenters. The number of nitrogens with zero attached hydrogens (tertiary/aromatic N) is 3. The molecule has 0 N–H and O–H groups in total. The van der Waals surface area contributed by atoms with Crippen molar-refractivity contribution in [2.24, 2.45) is 0 Å². The minimum absolute atomic E-state index is 0.00311. The summed E-state index contributed by atoms with van der Waals surface area (Å²) < 4.78 is 39.4. The fourth-order valence-corrected chi connectivity index (χ4v) is 2.31. The summed E-state index contributed by atoms with van der Waals surface area (Å²) in [5, 5.41) is 0.276. The SMILES string of the molecule is FC(F)(F)c1ccccc1-c1nccc(-c2ccnc(Cl)c2)n1. The minimum Gasteiger partial charge on any atom is -0.245 e. The molecule has 0 saturated heterocycles. The van der Waals surface area contributed by atoms with E-state index >= 15 is 0 Å². The number of alkyl halides is 3. The van der Waals surface area contributed by atoms with Gasteiger partial charge in [-0.1, -0.05) is 29.8 Å². The van der Waals surface area contributed by atoms with Gasteiger partial charge in [0.25, 0.3) is 0 Å². The highest BCUT2D eigenvalue weighted by Crippen LogP contribution is 2.36. The fraction of sp³-hybridized carbons (Fsp3) is 0.0625. The Kier molecular flexibility index (Phi) is 4.00. The first-order valence-corrected chi connectivity index (χ1v) is 6.94. The summed E-state index contributed by atoms with van der Waals surface area (Å²) in [5.41, 5.74) is 0.279. The van der Waals surface area contributed by atoms with Gasteiger partial charge in [-0.3, -0.25) is 0 Å². The third kappa shape index (κ3) is 3.32. The van der Waals surface area contributed by atoms with Crippen molar-refractivity contribution in [2.45, 2.75) is 6.18 Å². The van der Waals surface area contributed by atoms with Gasteiger partial charge in [-0.25, -0.2) is 15.0 Å². The molecule has 0 radical (unpaired) electrons. The first-order chi connectivity index (χ1) is 10.9. The van der Waals surface area contributed by atoms with Gasteiger partial charge in [0.1, 0.15) is 5.15 Å². The van der Waals surface area contributed by atoms with Crippen LogP contribution in [0, 0.1) is 0 Å². The maximum Gasteiger partial charge on any atom is 0.417 e. The number of halogens is 4. The molecule has 3 aromatic rings. The summed E-state index contributed by atoms with van der Waals surface area (Å²) in [4.78, 5) is 12.1. The maximum absolute atomic E-state index is 13.1. The van der Waals surface area contributed by atoms with Crippen LogP contribution in [-0.2, 0) is 6.18 Å². The molecule has 23 heavy (non-hydrogen) atoms. The maximum atomic E-state index is 13.1. The Hall–Kier alpha value is -2.47. The van der Waals surface area contributed by atoms with Crippen LogP contribution in [0.25, 0.3) is 22.6 Å². The number of aromatic nitrogens is 3. The summed E-state index contributed by atoms with van der Waals surface area (Å²) in [6.07, 6.45) is -1.56. The highest BCUT2D eigenvalue weighted by molar-refractivity contribution is 6.29.